The number of nitrogens with one attached hydrogen (secondary N) is 1. The van der Waals surface area contributed by atoms with E-state index in [9.17, 15) is 9.59 Å². The van der Waals surface area contributed by atoms with Gasteiger partial charge in [-0.05, 0) is 49.2 Å². The van der Waals surface area contributed by atoms with E-state index in [1.54, 1.807) is 41.6 Å². The Labute approximate surface area is 195 Å². The first-order valence-corrected chi connectivity index (χ1v) is 11.0. The fourth-order valence-corrected chi connectivity index (χ4v) is 4.14. The minimum atomic E-state index is -0.314. The van der Waals surface area contributed by atoms with Gasteiger partial charge in [-0.3, -0.25) is 9.78 Å². The maximum absolute atomic E-state index is 12.8. The molecule has 2 aromatic heterocycles. The topological polar surface area (TPSA) is 110 Å². The molecule has 0 atom stereocenters. The Balaban J connectivity index is 1.29. The Morgan fingerprint density at radius 3 is 2.47 bits per heavy atom. The number of hydrogen-bond donors (Lipinski definition) is 1. The molecule has 0 spiro atoms. The van der Waals surface area contributed by atoms with Crippen LogP contribution >= 0.6 is 0 Å². The van der Waals surface area contributed by atoms with Gasteiger partial charge in [-0.2, -0.15) is 0 Å². The molecule has 1 saturated heterocycles. The summed E-state index contributed by atoms with van der Waals surface area (Å²) in [7, 11) is 1.39. The van der Waals surface area contributed by atoms with E-state index in [1.807, 2.05) is 24.3 Å². The highest BCUT2D eigenvalue weighted by Gasteiger charge is 2.27. The number of ketones is 1. The second-order valence-corrected chi connectivity index (χ2v) is 8.04. The molecule has 0 radical (unpaired) electrons. The summed E-state index contributed by atoms with van der Waals surface area (Å²) in [5, 5.41) is 0. The van der Waals surface area contributed by atoms with Gasteiger partial charge in [-0.25, -0.2) is 14.8 Å². The summed E-state index contributed by atoms with van der Waals surface area (Å²) in [6.45, 7) is 1.18. The van der Waals surface area contributed by atoms with Crippen molar-refractivity contribution < 1.29 is 19.1 Å². The number of H-pyrrole nitrogens is 1. The van der Waals surface area contributed by atoms with Crippen molar-refractivity contribution in [2.45, 2.75) is 18.8 Å². The Kier molecular flexibility index (Phi) is 5.90. The van der Waals surface area contributed by atoms with Crippen LogP contribution < -0.4 is 4.74 Å². The van der Waals surface area contributed by atoms with Crippen molar-refractivity contribution >= 4 is 22.9 Å². The number of benzene rings is 2. The van der Waals surface area contributed by atoms with Crippen LogP contribution in [-0.2, 0) is 4.74 Å². The van der Waals surface area contributed by atoms with Crippen LogP contribution in [0.4, 0.5) is 4.79 Å². The SMILES string of the molecule is COC(=O)N1CCC(c2nccnc2Oc2ccc(C(=O)c3nc4ccccc4[nH]3)cc2)CC1. The highest BCUT2D eigenvalue weighted by Crippen LogP contribution is 2.33. The van der Waals surface area contributed by atoms with Crippen molar-refractivity contribution in [3.8, 4) is 11.6 Å². The zero-order valence-corrected chi connectivity index (χ0v) is 18.6. The molecule has 0 unspecified atom stereocenters. The summed E-state index contributed by atoms with van der Waals surface area (Å²) in [5.74, 6) is 1.20. The number of nitrogens with zero attached hydrogens (tertiary/aromatic N) is 4. The molecule has 34 heavy (non-hydrogen) atoms. The van der Waals surface area contributed by atoms with Crippen molar-refractivity contribution in [3.63, 3.8) is 0 Å². The van der Waals surface area contributed by atoms with Crippen molar-refractivity contribution in [2.24, 2.45) is 0 Å². The molecule has 0 saturated carbocycles. The fraction of sp³-hybridized carbons (Fsp3) is 0.240. The summed E-state index contributed by atoms with van der Waals surface area (Å²) < 4.78 is 10.8. The van der Waals surface area contributed by atoms with Gasteiger partial charge in [0, 0.05) is 37.0 Å². The lowest BCUT2D eigenvalue weighted by Gasteiger charge is -2.30. The number of amides is 1. The van der Waals surface area contributed by atoms with Gasteiger partial charge in [-0.1, -0.05) is 12.1 Å². The number of rotatable bonds is 5. The third-order valence-corrected chi connectivity index (χ3v) is 5.94. The van der Waals surface area contributed by atoms with Crippen LogP contribution in [0.25, 0.3) is 11.0 Å². The molecular formula is C25H23N5O4. The first kappa shape index (κ1) is 21.6. The number of piperidine rings is 1. The van der Waals surface area contributed by atoms with Crippen LogP contribution in [0.2, 0.25) is 0 Å². The van der Waals surface area contributed by atoms with Crippen molar-refractivity contribution in [1.82, 2.24) is 24.8 Å². The van der Waals surface area contributed by atoms with Crippen molar-refractivity contribution in [3.05, 3.63) is 78.0 Å². The minimum Gasteiger partial charge on any atom is -0.453 e. The number of aromatic nitrogens is 4. The summed E-state index contributed by atoms with van der Waals surface area (Å²) in [4.78, 5) is 42.6. The number of carbonyl (C=O) groups excluding carboxylic acids is 2. The molecule has 1 aliphatic rings. The van der Waals surface area contributed by atoms with E-state index in [2.05, 4.69) is 19.9 Å². The quantitative estimate of drug-likeness (QED) is 0.444. The lowest BCUT2D eigenvalue weighted by Crippen LogP contribution is -2.38. The van der Waals surface area contributed by atoms with E-state index >= 15 is 0 Å². The maximum Gasteiger partial charge on any atom is 0.409 e. The van der Waals surface area contributed by atoms with Gasteiger partial charge in [-0.15, -0.1) is 0 Å². The van der Waals surface area contributed by atoms with E-state index in [0.717, 1.165) is 29.6 Å². The molecule has 1 N–H and O–H groups in total. The van der Waals surface area contributed by atoms with Gasteiger partial charge >= 0.3 is 6.09 Å². The molecule has 4 aromatic rings. The zero-order valence-electron chi connectivity index (χ0n) is 18.6. The predicted octanol–water partition coefficient (Wildman–Crippen LogP) is 4.32. The predicted molar refractivity (Wildman–Crippen MR) is 124 cm³/mol. The second-order valence-electron chi connectivity index (χ2n) is 8.04. The molecule has 1 fully saturated rings. The molecule has 3 heterocycles. The molecule has 2 aromatic carbocycles. The average Bonchev–Trinajstić information content (AvgIpc) is 3.33. The van der Waals surface area contributed by atoms with E-state index < -0.39 is 0 Å². The van der Waals surface area contributed by atoms with Gasteiger partial charge in [0.1, 0.15) is 11.4 Å². The van der Waals surface area contributed by atoms with Gasteiger partial charge in [0.2, 0.25) is 11.7 Å². The van der Waals surface area contributed by atoms with Gasteiger partial charge in [0.05, 0.1) is 18.1 Å². The van der Waals surface area contributed by atoms with Crippen LogP contribution in [0.5, 0.6) is 11.6 Å². The fourth-order valence-electron chi connectivity index (χ4n) is 4.14. The van der Waals surface area contributed by atoms with E-state index in [0.29, 0.717) is 36.1 Å². The number of ether oxygens (including phenoxy) is 2. The number of likely N-dealkylation sites (tertiary alicyclic amines) is 1. The van der Waals surface area contributed by atoms with Crippen LogP contribution in [0.1, 0.15) is 40.6 Å². The lowest BCUT2D eigenvalue weighted by atomic mass is 9.93. The molecular weight excluding hydrogens is 434 g/mol. The third-order valence-electron chi connectivity index (χ3n) is 5.94. The van der Waals surface area contributed by atoms with Gasteiger partial charge in [0.15, 0.2) is 5.82 Å². The Morgan fingerprint density at radius 1 is 1.00 bits per heavy atom. The number of imidazole rings is 1. The number of fused-ring (bicyclic) bond motifs is 1. The minimum absolute atomic E-state index is 0.124. The first-order chi connectivity index (χ1) is 16.6. The second kappa shape index (κ2) is 9.30. The van der Waals surface area contributed by atoms with Gasteiger partial charge in [0.25, 0.3) is 0 Å². The van der Waals surface area contributed by atoms with E-state index in [4.69, 9.17) is 9.47 Å². The lowest BCUT2D eigenvalue weighted by molar-refractivity contribution is 0.103. The number of methoxy groups -OCH3 is 1. The highest BCUT2D eigenvalue weighted by molar-refractivity contribution is 6.08. The monoisotopic (exact) mass is 457 g/mol. The Hall–Kier alpha value is -4.27. The Bertz CT molecular complexity index is 1290. The summed E-state index contributed by atoms with van der Waals surface area (Å²) in [6.07, 6.45) is 4.40. The standard InChI is InChI=1S/C25H23N5O4/c1-33-25(32)30-14-10-16(11-15-30)21-24(27-13-12-26-21)34-18-8-6-17(7-9-18)22(31)23-28-19-4-2-3-5-20(19)29-23/h2-9,12-13,16H,10-11,14-15H2,1H3,(H,28,29). The third kappa shape index (κ3) is 4.32. The number of aromatic amines is 1. The number of carbonyl (C=O) groups is 2. The van der Waals surface area contributed by atoms with Crippen molar-refractivity contribution in [2.75, 3.05) is 20.2 Å². The molecule has 172 valence electrons. The van der Waals surface area contributed by atoms with Crippen LogP contribution in [0.15, 0.2) is 60.9 Å². The summed E-state index contributed by atoms with van der Waals surface area (Å²) >= 11 is 0. The highest BCUT2D eigenvalue weighted by atomic mass is 16.5. The summed E-state index contributed by atoms with van der Waals surface area (Å²) in [5.41, 5.74) is 2.83. The van der Waals surface area contributed by atoms with E-state index in [-0.39, 0.29) is 17.8 Å². The molecule has 0 bridgehead atoms. The average molecular weight is 457 g/mol. The normalized spacial score (nSPS) is 14.2. The molecule has 1 amide bonds. The smallest absolute Gasteiger partial charge is 0.409 e. The molecule has 0 aliphatic carbocycles. The zero-order chi connectivity index (χ0) is 23.5. The maximum atomic E-state index is 12.8. The molecule has 5 rings (SSSR count). The first-order valence-electron chi connectivity index (χ1n) is 11.0. The number of para-hydroxylation sites is 2. The van der Waals surface area contributed by atoms with Crippen molar-refractivity contribution in [1.29, 1.82) is 0 Å². The largest absolute Gasteiger partial charge is 0.453 e. The van der Waals surface area contributed by atoms with Crippen LogP contribution in [0, 0.1) is 0 Å². The van der Waals surface area contributed by atoms with E-state index in [1.165, 1.54) is 7.11 Å². The van der Waals surface area contributed by atoms with Crippen LogP contribution in [-0.4, -0.2) is 56.9 Å². The Morgan fingerprint density at radius 2 is 1.74 bits per heavy atom. The number of hydrogen-bond acceptors (Lipinski definition) is 7. The molecule has 1 aliphatic heterocycles. The van der Waals surface area contributed by atoms with Crippen LogP contribution in [0.3, 0.4) is 0 Å². The molecule has 9 heteroatoms. The summed E-state index contributed by atoms with van der Waals surface area (Å²) in [6, 6.07) is 14.4. The molecule has 9 nitrogen and oxygen atoms in total. The van der Waals surface area contributed by atoms with Gasteiger partial charge < -0.3 is 19.4 Å².